The van der Waals surface area contributed by atoms with Crippen molar-refractivity contribution in [2.45, 2.75) is 13.0 Å². The van der Waals surface area contributed by atoms with E-state index in [1.165, 1.54) is 0 Å². The number of hydrogen-bond donors (Lipinski definition) is 1. The van der Waals surface area contributed by atoms with Crippen LogP contribution in [0.3, 0.4) is 0 Å². The largest absolute Gasteiger partial charge is 0.383 e. The first-order chi connectivity index (χ1) is 8.60. The van der Waals surface area contributed by atoms with Crippen LogP contribution in [0.1, 0.15) is 18.5 Å². The zero-order valence-electron chi connectivity index (χ0n) is 11.0. The highest BCUT2D eigenvalue weighted by molar-refractivity contribution is 9.10. The van der Waals surface area contributed by atoms with Gasteiger partial charge in [0.1, 0.15) is 0 Å². The third-order valence-corrected chi connectivity index (χ3v) is 3.44. The Bertz CT molecular complexity index is 393. The van der Waals surface area contributed by atoms with Gasteiger partial charge in [0.15, 0.2) is 0 Å². The van der Waals surface area contributed by atoms with E-state index >= 15 is 0 Å². The summed E-state index contributed by atoms with van der Waals surface area (Å²) in [6, 6.07) is 6.27. The van der Waals surface area contributed by atoms with E-state index < -0.39 is 0 Å². The number of anilines is 1. The number of halogens is 1. The van der Waals surface area contributed by atoms with Crippen molar-refractivity contribution in [3.63, 3.8) is 0 Å². The summed E-state index contributed by atoms with van der Waals surface area (Å²) >= 11 is 3.57. The van der Waals surface area contributed by atoms with Crippen molar-refractivity contribution in [1.82, 2.24) is 0 Å². The molecule has 100 valence electrons. The van der Waals surface area contributed by atoms with Crippen LogP contribution < -0.4 is 10.6 Å². The number of benzene rings is 1. The second-order valence-corrected chi connectivity index (χ2v) is 5.08. The topological polar surface area (TPSA) is 38.5 Å². The van der Waals surface area contributed by atoms with Crippen molar-refractivity contribution >= 4 is 21.6 Å². The molecule has 0 bridgehead atoms. The second-order valence-electron chi connectivity index (χ2n) is 4.22. The Balaban J connectivity index is 2.91. The van der Waals surface area contributed by atoms with Crippen LogP contribution in [0, 0.1) is 0 Å². The quantitative estimate of drug-likeness (QED) is 0.786. The molecule has 0 aromatic heterocycles. The smallest absolute Gasteiger partial charge is 0.0637 e. The number of ether oxygens (including phenoxy) is 1. The van der Waals surface area contributed by atoms with E-state index in [0.717, 1.165) is 28.8 Å². The molecule has 0 radical (unpaired) electrons. The highest BCUT2D eigenvalue weighted by Gasteiger charge is 2.09. The molecule has 0 aliphatic carbocycles. The molecule has 0 spiro atoms. The molecular formula is C14H21BrN2O. The summed E-state index contributed by atoms with van der Waals surface area (Å²) in [6.07, 6.45) is 1.89. The summed E-state index contributed by atoms with van der Waals surface area (Å²) in [5.41, 5.74) is 8.16. The molecule has 1 rings (SSSR count). The van der Waals surface area contributed by atoms with Gasteiger partial charge in [-0.3, -0.25) is 0 Å². The molecule has 0 unspecified atom stereocenters. The van der Waals surface area contributed by atoms with Gasteiger partial charge in [-0.15, -0.1) is 6.58 Å². The molecule has 18 heavy (non-hydrogen) atoms. The predicted octanol–water partition coefficient (Wildman–Crippen LogP) is 3.11. The van der Waals surface area contributed by atoms with E-state index in [1.807, 2.05) is 13.0 Å². The summed E-state index contributed by atoms with van der Waals surface area (Å²) in [4.78, 5) is 2.21. The zero-order valence-corrected chi connectivity index (χ0v) is 12.6. The van der Waals surface area contributed by atoms with Crippen LogP contribution >= 0.6 is 15.9 Å². The van der Waals surface area contributed by atoms with Crippen molar-refractivity contribution < 1.29 is 4.74 Å². The maximum atomic E-state index is 5.90. The maximum Gasteiger partial charge on any atom is 0.0637 e. The van der Waals surface area contributed by atoms with Crippen LogP contribution in [-0.4, -0.2) is 26.8 Å². The van der Waals surface area contributed by atoms with Crippen molar-refractivity contribution in [2.75, 3.05) is 31.7 Å². The molecule has 1 aromatic rings. The van der Waals surface area contributed by atoms with Crippen LogP contribution in [-0.2, 0) is 4.74 Å². The Morgan fingerprint density at radius 1 is 1.56 bits per heavy atom. The molecule has 0 heterocycles. The molecule has 0 saturated carbocycles. The predicted molar refractivity (Wildman–Crippen MR) is 81.0 cm³/mol. The summed E-state index contributed by atoms with van der Waals surface area (Å²) in [7, 11) is 1.71. The van der Waals surface area contributed by atoms with Gasteiger partial charge in [0.25, 0.3) is 0 Å². The fourth-order valence-electron chi connectivity index (χ4n) is 1.77. The van der Waals surface area contributed by atoms with Crippen molar-refractivity contribution in [1.29, 1.82) is 0 Å². The molecule has 0 aliphatic rings. The third-order valence-electron chi connectivity index (χ3n) is 2.75. The average molecular weight is 313 g/mol. The average Bonchev–Trinajstić information content (AvgIpc) is 2.33. The lowest BCUT2D eigenvalue weighted by Crippen LogP contribution is -2.27. The molecule has 0 fully saturated rings. The summed E-state index contributed by atoms with van der Waals surface area (Å²) in [5.74, 6) is 0. The van der Waals surface area contributed by atoms with E-state index in [0.29, 0.717) is 6.61 Å². The first-order valence-electron chi connectivity index (χ1n) is 6.00. The fraction of sp³-hybridized carbons (Fsp3) is 0.429. The van der Waals surface area contributed by atoms with Crippen LogP contribution in [0.5, 0.6) is 0 Å². The molecule has 1 aromatic carbocycles. The number of methoxy groups -OCH3 is 1. The zero-order chi connectivity index (χ0) is 13.5. The van der Waals surface area contributed by atoms with Gasteiger partial charge in [-0.25, -0.2) is 0 Å². The summed E-state index contributed by atoms with van der Waals surface area (Å²) in [6.45, 7) is 8.10. The Morgan fingerprint density at radius 3 is 2.78 bits per heavy atom. The monoisotopic (exact) mass is 312 g/mol. The Hall–Kier alpha value is -0.840. The van der Waals surface area contributed by atoms with Gasteiger partial charge in [0.2, 0.25) is 0 Å². The summed E-state index contributed by atoms with van der Waals surface area (Å²) in [5, 5.41) is 0. The molecule has 2 N–H and O–H groups in total. The Labute approximate surface area is 118 Å². The lowest BCUT2D eigenvalue weighted by atomic mass is 10.1. The fourth-order valence-corrected chi connectivity index (χ4v) is 2.49. The van der Waals surface area contributed by atoms with Crippen molar-refractivity contribution in [2.24, 2.45) is 5.73 Å². The minimum atomic E-state index is 0.0280. The lowest BCUT2D eigenvalue weighted by molar-refractivity contribution is 0.206. The summed E-state index contributed by atoms with van der Waals surface area (Å²) < 4.78 is 6.17. The molecule has 4 heteroatoms. The van der Waals surface area contributed by atoms with E-state index in [-0.39, 0.29) is 6.04 Å². The minimum absolute atomic E-state index is 0.0280. The first kappa shape index (κ1) is 15.2. The second kappa shape index (κ2) is 7.56. The Kier molecular flexibility index (Phi) is 6.39. The molecule has 0 saturated heterocycles. The normalized spacial score (nSPS) is 12.2. The van der Waals surface area contributed by atoms with Gasteiger partial charge in [-0.2, -0.15) is 0 Å². The van der Waals surface area contributed by atoms with E-state index in [4.69, 9.17) is 10.5 Å². The van der Waals surface area contributed by atoms with Crippen LogP contribution in [0.15, 0.2) is 35.3 Å². The number of hydrogen-bond acceptors (Lipinski definition) is 3. The highest BCUT2D eigenvalue weighted by Crippen LogP contribution is 2.27. The van der Waals surface area contributed by atoms with Gasteiger partial charge in [-0.05, 0) is 24.6 Å². The van der Waals surface area contributed by atoms with Crippen LogP contribution in [0.25, 0.3) is 0 Å². The molecule has 0 amide bonds. The van der Waals surface area contributed by atoms with Crippen molar-refractivity contribution in [3.05, 3.63) is 40.9 Å². The molecule has 3 nitrogen and oxygen atoms in total. The van der Waals surface area contributed by atoms with Gasteiger partial charge >= 0.3 is 0 Å². The van der Waals surface area contributed by atoms with E-state index in [9.17, 15) is 0 Å². The molecule has 0 aliphatic heterocycles. The number of rotatable bonds is 7. The number of nitrogens with zero attached hydrogens (tertiary/aromatic N) is 1. The third kappa shape index (κ3) is 4.12. The minimum Gasteiger partial charge on any atom is -0.383 e. The highest BCUT2D eigenvalue weighted by atomic mass is 79.9. The number of nitrogens with two attached hydrogens (primary N) is 1. The lowest BCUT2D eigenvalue weighted by Gasteiger charge is -2.24. The van der Waals surface area contributed by atoms with Gasteiger partial charge in [0, 0.05) is 36.4 Å². The molecule has 1 atom stereocenters. The van der Waals surface area contributed by atoms with Crippen LogP contribution in [0.4, 0.5) is 5.69 Å². The van der Waals surface area contributed by atoms with Crippen LogP contribution in [0.2, 0.25) is 0 Å². The SMILES string of the molecule is C=CCN(CCOC)c1ccc([C@@H](C)N)c(Br)c1. The first-order valence-corrected chi connectivity index (χ1v) is 6.79. The van der Waals surface area contributed by atoms with E-state index in [2.05, 4.69) is 45.6 Å². The van der Waals surface area contributed by atoms with E-state index in [1.54, 1.807) is 7.11 Å². The standard InChI is InChI=1S/C14H21BrN2O/c1-4-7-17(8-9-18-3)12-5-6-13(11(2)16)14(15)10-12/h4-6,10-11H,1,7-9,16H2,2-3H3/t11-/m1/s1. The Morgan fingerprint density at radius 2 is 2.28 bits per heavy atom. The molecular weight excluding hydrogens is 292 g/mol. The van der Waals surface area contributed by atoms with Gasteiger partial charge < -0.3 is 15.4 Å². The maximum absolute atomic E-state index is 5.90. The van der Waals surface area contributed by atoms with Crippen molar-refractivity contribution in [3.8, 4) is 0 Å². The van der Waals surface area contributed by atoms with Gasteiger partial charge in [0.05, 0.1) is 6.61 Å². The van der Waals surface area contributed by atoms with Gasteiger partial charge in [-0.1, -0.05) is 28.1 Å².